The highest BCUT2D eigenvalue weighted by Gasteiger charge is 2.34. The molecular formula is C27H21N3O5. The molecule has 1 aliphatic heterocycles. The number of hydrogen-bond acceptors (Lipinski definition) is 6. The minimum Gasteiger partial charge on any atom is -0.461 e. The lowest BCUT2D eigenvalue weighted by Gasteiger charge is -2.14. The first-order valence-corrected chi connectivity index (χ1v) is 11.3. The molecule has 0 atom stereocenters. The molecule has 0 aliphatic carbocycles. The van der Waals surface area contributed by atoms with Crippen LogP contribution in [0.3, 0.4) is 0 Å². The fourth-order valence-electron chi connectivity index (χ4n) is 4.13. The number of fused-ring (bicyclic) bond motifs is 2. The van der Waals surface area contributed by atoms with Gasteiger partial charge in [-0.3, -0.25) is 19.3 Å². The Morgan fingerprint density at radius 3 is 2.03 bits per heavy atom. The van der Waals surface area contributed by atoms with Gasteiger partial charge < -0.3 is 4.74 Å². The SMILES string of the molecule is O=C(OCCCCN1C(=O)c2ccccc2C1=O)c1nn(-c2ccccc2)c(=O)c2ccccc12. The zero-order chi connectivity index (χ0) is 24.4. The Morgan fingerprint density at radius 1 is 0.743 bits per heavy atom. The smallest absolute Gasteiger partial charge is 0.359 e. The molecule has 174 valence electrons. The first-order valence-electron chi connectivity index (χ1n) is 11.3. The van der Waals surface area contributed by atoms with Gasteiger partial charge in [0.05, 0.1) is 28.8 Å². The molecule has 0 fully saturated rings. The van der Waals surface area contributed by atoms with Crippen molar-refractivity contribution in [2.45, 2.75) is 12.8 Å². The van der Waals surface area contributed by atoms with Gasteiger partial charge in [-0.25, -0.2) is 4.79 Å². The van der Waals surface area contributed by atoms with Crippen molar-refractivity contribution in [2.75, 3.05) is 13.2 Å². The van der Waals surface area contributed by atoms with Gasteiger partial charge in [-0.15, -0.1) is 0 Å². The van der Waals surface area contributed by atoms with Gasteiger partial charge in [0, 0.05) is 11.9 Å². The summed E-state index contributed by atoms with van der Waals surface area (Å²) in [7, 11) is 0. The summed E-state index contributed by atoms with van der Waals surface area (Å²) >= 11 is 0. The Bertz CT molecular complexity index is 1480. The first-order chi connectivity index (χ1) is 17.1. The lowest BCUT2D eigenvalue weighted by atomic mass is 10.1. The molecule has 0 spiro atoms. The minimum atomic E-state index is -0.647. The van der Waals surface area contributed by atoms with Crippen molar-refractivity contribution < 1.29 is 19.1 Å². The number of amides is 2. The number of imide groups is 1. The molecule has 4 aromatic rings. The highest BCUT2D eigenvalue weighted by atomic mass is 16.5. The van der Waals surface area contributed by atoms with E-state index in [1.807, 2.05) is 6.07 Å². The predicted molar refractivity (Wildman–Crippen MR) is 129 cm³/mol. The van der Waals surface area contributed by atoms with Gasteiger partial charge in [-0.05, 0) is 43.2 Å². The Kier molecular flexibility index (Phi) is 5.93. The average molecular weight is 467 g/mol. The summed E-state index contributed by atoms with van der Waals surface area (Å²) in [5.41, 5.74) is 1.08. The van der Waals surface area contributed by atoms with Crippen molar-refractivity contribution in [1.29, 1.82) is 0 Å². The van der Waals surface area contributed by atoms with E-state index in [9.17, 15) is 19.2 Å². The molecule has 0 radical (unpaired) electrons. The zero-order valence-corrected chi connectivity index (χ0v) is 18.7. The normalized spacial score (nSPS) is 12.7. The second kappa shape index (κ2) is 9.34. The number of benzene rings is 3. The van der Waals surface area contributed by atoms with Gasteiger partial charge in [0.15, 0.2) is 5.69 Å². The van der Waals surface area contributed by atoms with Gasteiger partial charge >= 0.3 is 5.97 Å². The molecule has 5 rings (SSSR count). The maximum Gasteiger partial charge on any atom is 0.359 e. The molecule has 0 saturated carbocycles. The van der Waals surface area contributed by atoms with Gasteiger partial charge in [0.25, 0.3) is 17.4 Å². The summed E-state index contributed by atoms with van der Waals surface area (Å²) in [6.45, 7) is 0.326. The number of carbonyl (C=O) groups is 3. The second-order valence-corrected chi connectivity index (χ2v) is 8.10. The summed E-state index contributed by atoms with van der Waals surface area (Å²) in [6, 6.07) is 22.4. The molecule has 0 N–H and O–H groups in total. The highest BCUT2D eigenvalue weighted by molar-refractivity contribution is 6.21. The number of esters is 1. The van der Waals surface area contributed by atoms with Crippen molar-refractivity contribution in [3.8, 4) is 5.69 Å². The molecule has 1 aromatic heterocycles. The van der Waals surface area contributed by atoms with E-state index in [0.29, 0.717) is 40.4 Å². The van der Waals surface area contributed by atoms with E-state index in [1.54, 1.807) is 72.8 Å². The van der Waals surface area contributed by atoms with Gasteiger partial charge in [0.1, 0.15) is 0 Å². The first kappa shape index (κ1) is 22.2. The average Bonchev–Trinajstić information content (AvgIpc) is 3.14. The quantitative estimate of drug-likeness (QED) is 0.234. The van der Waals surface area contributed by atoms with E-state index >= 15 is 0 Å². The standard InChI is InChI=1S/C27H21N3O5/c31-24-21-14-6-7-15-22(21)25(32)29(24)16-8-9-17-35-27(34)23-19-12-4-5-13-20(19)26(33)30(28-23)18-10-2-1-3-11-18/h1-7,10-15H,8-9,16-17H2. The molecule has 3 aromatic carbocycles. The van der Waals surface area contributed by atoms with E-state index in [4.69, 9.17) is 4.74 Å². The van der Waals surface area contributed by atoms with E-state index < -0.39 is 5.97 Å². The Labute approximate surface area is 200 Å². The summed E-state index contributed by atoms with van der Waals surface area (Å²) in [5.74, 6) is -1.26. The summed E-state index contributed by atoms with van der Waals surface area (Å²) in [5, 5.41) is 5.09. The van der Waals surface area contributed by atoms with Crippen molar-refractivity contribution in [3.05, 3.63) is 106 Å². The number of ether oxygens (including phenoxy) is 1. The Morgan fingerprint density at radius 2 is 1.34 bits per heavy atom. The van der Waals surface area contributed by atoms with Crippen LogP contribution in [-0.2, 0) is 4.74 Å². The monoisotopic (exact) mass is 467 g/mol. The lowest BCUT2D eigenvalue weighted by Crippen LogP contribution is -2.30. The van der Waals surface area contributed by atoms with Crippen LogP contribution in [0.25, 0.3) is 16.5 Å². The van der Waals surface area contributed by atoms with Gasteiger partial charge in [-0.2, -0.15) is 9.78 Å². The maximum atomic E-state index is 13.0. The maximum absolute atomic E-state index is 13.0. The lowest BCUT2D eigenvalue weighted by molar-refractivity contribution is 0.0479. The third kappa shape index (κ3) is 4.10. The van der Waals surface area contributed by atoms with Gasteiger partial charge in [-0.1, -0.05) is 48.5 Å². The molecule has 1 aliphatic rings. The number of unbranched alkanes of at least 4 members (excludes halogenated alkanes) is 1. The third-order valence-electron chi connectivity index (χ3n) is 5.89. The van der Waals surface area contributed by atoms with Crippen LogP contribution in [0, 0.1) is 0 Å². The van der Waals surface area contributed by atoms with Crippen LogP contribution < -0.4 is 5.56 Å². The molecule has 2 heterocycles. The molecule has 0 bridgehead atoms. The minimum absolute atomic E-state index is 0.0457. The van der Waals surface area contributed by atoms with E-state index in [1.165, 1.54) is 9.58 Å². The van der Waals surface area contributed by atoms with Crippen LogP contribution >= 0.6 is 0 Å². The Balaban J connectivity index is 1.26. The highest BCUT2D eigenvalue weighted by Crippen LogP contribution is 2.22. The number of nitrogens with zero attached hydrogens (tertiary/aromatic N) is 3. The fourth-order valence-corrected chi connectivity index (χ4v) is 4.13. The fraction of sp³-hybridized carbons (Fsp3) is 0.148. The topological polar surface area (TPSA) is 98.6 Å². The van der Waals surface area contributed by atoms with Crippen molar-refractivity contribution >= 4 is 28.6 Å². The number of rotatable bonds is 7. The largest absolute Gasteiger partial charge is 0.461 e. The van der Waals surface area contributed by atoms with Crippen LogP contribution in [0.4, 0.5) is 0 Å². The summed E-state index contributed by atoms with van der Waals surface area (Å²) < 4.78 is 6.64. The van der Waals surface area contributed by atoms with E-state index in [0.717, 1.165) is 0 Å². The van der Waals surface area contributed by atoms with Crippen molar-refractivity contribution in [3.63, 3.8) is 0 Å². The molecule has 0 unspecified atom stereocenters. The van der Waals surface area contributed by atoms with Crippen LogP contribution in [0.1, 0.15) is 44.0 Å². The van der Waals surface area contributed by atoms with Crippen molar-refractivity contribution in [2.24, 2.45) is 0 Å². The van der Waals surface area contributed by atoms with Crippen LogP contribution in [0.15, 0.2) is 83.7 Å². The van der Waals surface area contributed by atoms with Crippen LogP contribution in [0.5, 0.6) is 0 Å². The molecule has 35 heavy (non-hydrogen) atoms. The molecule has 8 nitrogen and oxygen atoms in total. The number of para-hydroxylation sites is 1. The summed E-state index contributed by atoms with van der Waals surface area (Å²) in [6.07, 6.45) is 0.936. The number of aromatic nitrogens is 2. The molecule has 2 amide bonds. The second-order valence-electron chi connectivity index (χ2n) is 8.10. The number of hydrogen-bond donors (Lipinski definition) is 0. The van der Waals surface area contributed by atoms with Gasteiger partial charge in [0.2, 0.25) is 0 Å². The Hall–Kier alpha value is -4.59. The third-order valence-corrected chi connectivity index (χ3v) is 5.89. The molecule has 0 saturated heterocycles. The van der Waals surface area contributed by atoms with Crippen LogP contribution in [0.2, 0.25) is 0 Å². The molecular weight excluding hydrogens is 446 g/mol. The van der Waals surface area contributed by atoms with E-state index in [2.05, 4.69) is 5.10 Å². The molecule has 8 heteroatoms. The van der Waals surface area contributed by atoms with Crippen LogP contribution in [-0.4, -0.2) is 45.6 Å². The predicted octanol–water partition coefficient (Wildman–Crippen LogP) is 3.62. The van der Waals surface area contributed by atoms with E-state index in [-0.39, 0.29) is 36.2 Å². The number of carbonyl (C=O) groups excluding carboxylic acids is 3. The summed E-state index contributed by atoms with van der Waals surface area (Å²) in [4.78, 5) is 52.0. The zero-order valence-electron chi connectivity index (χ0n) is 18.7. The van der Waals surface area contributed by atoms with Crippen molar-refractivity contribution in [1.82, 2.24) is 14.7 Å².